The van der Waals surface area contributed by atoms with Gasteiger partial charge in [0.25, 0.3) is 0 Å². The lowest BCUT2D eigenvalue weighted by atomic mass is 10.1. The number of likely N-dealkylation sites (N-methyl/N-ethyl adjacent to an activating group) is 1. The van der Waals surface area contributed by atoms with Gasteiger partial charge in [-0.15, -0.1) is 0 Å². The van der Waals surface area contributed by atoms with Gasteiger partial charge in [-0.3, -0.25) is 9.36 Å². The Kier molecular flexibility index (Phi) is 6.58. The third-order valence-electron chi connectivity index (χ3n) is 6.03. The Hall–Kier alpha value is -2.34. The molecule has 0 saturated carbocycles. The molecule has 0 spiro atoms. The number of hydrogen-bond acceptors (Lipinski definition) is 10. The van der Waals surface area contributed by atoms with Crippen LogP contribution >= 0.6 is 0 Å². The van der Waals surface area contributed by atoms with Crippen LogP contribution in [0.25, 0.3) is 11.2 Å². The highest BCUT2D eigenvalue weighted by Gasteiger charge is 2.56. The minimum Gasteiger partial charge on any atom is -0.460 e. The predicted molar refractivity (Wildman–Crippen MR) is 125 cm³/mol. The van der Waals surface area contributed by atoms with E-state index in [9.17, 15) is 4.79 Å². The predicted octanol–water partition coefficient (Wildman–Crippen LogP) is 2.13. The van der Waals surface area contributed by atoms with Crippen molar-refractivity contribution in [1.82, 2.24) is 24.4 Å². The first-order chi connectivity index (χ1) is 15.8. The lowest BCUT2D eigenvalue weighted by Crippen LogP contribution is -2.39. The van der Waals surface area contributed by atoms with E-state index in [-0.39, 0.29) is 30.2 Å². The van der Waals surface area contributed by atoms with Gasteiger partial charge in [0.2, 0.25) is 0 Å². The Balaban J connectivity index is 1.44. The van der Waals surface area contributed by atoms with Crippen molar-refractivity contribution in [1.29, 1.82) is 0 Å². The Bertz CT molecular complexity index is 1030. The molecule has 11 heteroatoms. The SMILES string of the molecule is C[C@@H](CCN(C)C[C@H]1O[C@@H](n2cnc3c(N)ncnc32)[C@@H]2OC(C)(C)O[C@@H]21)C(=O)OC(C)(C)C. The van der Waals surface area contributed by atoms with E-state index in [1.54, 1.807) is 6.33 Å². The quantitative estimate of drug-likeness (QED) is 0.594. The van der Waals surface area contributed by atoms with Gasteiger partial charge in [-0.25, -0.2) is 15.0 Å². The first kappa shape index (κ1) is 24.8. The van der Waals surface area contributed by atoms with Crippen LogP contribution in [0.5, 0.6) is 0 Å². The van der Waals surface area contributed by atoms with Gasteiger partial charge in [-0.2, -0.15) is 0 Å². The van der Waals surface area contributed by atoms with E-state index in [0.29, 0.717) is 36.5 Å². The molecule has 34 heavy (non-hydrogen) atoms. The maximum absolute atomic E-state index is 12.3. The van der Waals surface area contributed by atoms with Crippen LogP contribution in [0.15, 0.2) is 12.7 Å². The lowest BCUT2D eigenvalue weighted by Gasteiger charge is -2.28. The summed E-state index contributed by atoms with van der Waals surface area (Å²) in [5.41, 5.74) is 6.59. The summed E-state index contributed by atoms with van der Waals surface area (Å²) in [5.74, 6) is -0.790. The average molecular weight is 477 g/mol. The Morgan fingerprint density at radius 1 is 1.26 bits per heavy atom. The fourth-order valence-electron chi connectivity index (χ4n) is 4.42. The number of hydrogen-bond donors (Lipinski definition) is 1. The third-order valence-corrected chi connectivity index (χ3v) is 6.03. The maximum Gasteiger partial charge on any atom is 0.309 e. The third kappa shape index (κ3) is 5.17. The molecule has 0 radical (unpaired) electrons. The van der Waals surface area contributed by atoms with E-state index >= 15 is 0 Å². The molecule has 0 bridgehead atoms. The summed E-state index contributed by atoms with van der Waals surface area (Å²) in [6.07, 6.45) is 2.45. The van der Waals surface area contributed by atoms with E-state index in [2.05, 4.69) is 19.9 Å². The molecule has 4 heterocycles. The summed E-state index contributed by atoms with van der Waals surface area (Å²) in [4.78, 5) is 27.2. The molecule has 0 aliphatic carbocycles. The summed E-state index contributed by atoms with van der Waals surface area (Å²) >= 11 is 0. The van der Waals surface area contributed by atoms with Crippen molar-refractivity contribution < 1.29 is 23.7 Å². The number of rotatable bonds is 7. The van der Waals surface area contributed by atoms with Gasteiger partial charge in [0, 0.05) is 6.54 Å². The minimum atomic E-state index is -0.732. The van der Waals surface area contributed by atoms with Gasteiger partial charge < -0.3 is 29.6 Å². The van der Waals surface area contributed by atoms with Crippen molar-refractivity contribution in [2.45, 2.75) is 83.9 Å². The number of nitrogen functional groups attached to an aromatic ring is 1. The van der Waals surface area contributed by atoms with Crippen LogP contribution < -0.4 is 5.73 Å². The molecule has 2 saturated heterocycles. The number of carbonyl (C=O) groups is 1. The van der Waals surface area contributed by atoms with Crippen LogP contribution in [0, 0.1) is 5.92 Å². The van der Waals surface area contributed by atoms with Crippen molar-refractivity contribution in [3.63, 3.8) is 0 Å². The summed E-state index contributed by atoms with van der Waals surface area (Å²) in [5, 5.41) is 0. The summed E-state index contributed by atoms with van der Waals surface area (Å²) in [6, 6.07) is 0. The molecule has 2 fully saturated rings. The second-order valence-corrected chi connectivity index (χ2v) is 10.7. The van der Waals surface area contributed by atoms with Gasteiger partial charge in [0.05, 0.1) is 12.2 Å². The van der Waals surface area contributed by atoms with E-state index in [4.69, 9.17) is 24.7 Å². The van der Waals surface area contributed by atoms with Gasteiger partial charge in [-0.1, -0.05) is 6.92 Å². The summed E-state index contributed by atoms with van der Waals surface area (Å²) in [7, 11) is 2.01. The average Bonchev–Trinajstić information content (AvgIpc) is 3.37. The standard InChI is InChI=1S/C23H36N6O5/c1-13(21(30)34-22(2,3)4)8-9-28(7)10-14-16-17(33-23(5,6)32-16)20(31-14)29-12-27-15-18(24)25-11-26-19(15)29/h11-14,16-17,20H,8-10H2,1-7H3,(H2,24,25,26)/t13-,14+,16+,17+,20+/m0/s1. The van der Waals surface area contributed by atoms with Crippen LogP contribution in [-0.4, -0.2) is 80.2 Å². The summed E-state index contributed by atoms with van der Waals surface area (Å²) in [6.45, 7) is 12.7. The zero-order valence-corrected chi connectivity index (χ0v) is 21.0. The van der Waals surface area contributed by atoms with Gasteiger partial charge in [-0.05, 0) is 54.6 Å². The molecule has 0 unspecified atom stereocenters. The monoisotopic (exact) mass is 476 g/mol. The molecule has 11 nitrogen and oxygen atoms in total. The van der Waals surface area contributed by atoms with Crippen molar-refractivity contribution >= 4 is 23.0 Å². The number of anilines is 1. The molecular formula is C23H36N6O5. The smallest absolute Gasteiger partial charge is 0.309 e. The molecule has 2 aromatic rings. The van der Waals surface area contributed by atoms with Crippen LogP contribution in [0.3, 0.4) is 0 Å². The second kappa shape index (κ2) is 9.03. The number of nitrogens with zero attached hydrogens (tertiary/aromatic N) is 5. The zero-order valence-electron chi connectivity index (χ0n) is 21.0. The molecule has 2 aliphatic heterocycles. The number of nitrogens with two attached hydrogens (primary N) is 1. The highest BCUT2D eigenvalue weighted by atomic mass is 16.8. The van der Waals surface area contributed by atoms with Crippen LogP contribution in [0.4, 0.5) is 5.82 Å². The molecule has 5 atom stereocenters. The number of ether oxygens (including phenoxy) is 4. The molecule has 0 aromatic carbocycles. The largest absolute Gasteiger partial charge is 0.460 e. The van der Waals surface area contributed by atoms with Crippen molar-refractivity contribution in [3.05, 3.63) is 12.7 Å². The van der Waals surface area contributed by atoms with Gasteiger partial charge in [0.1, 0.15) is 35.8 Å². The number of aromatic nitrogens is 4. The van der Waals surface area contributed by atoms with E-state index in [1.165, 1.54) is 6.33 Å². The fourth-order valence-corrected chi connectivity index (χ4v) is 4.42. The number of carbonyl (C=O) groups excluding carboxylic acids is 1. The van der Waals surface area contributed by atoms with E-state index in [1.807, 2.05) is 53.2 Å². The van der Waals surface area contributed by atoms with Gasteiger partial charge in [0.15, 0.2) is 23.5 Å². The van der Waals surface area contributed by atoms with Crippen LogP contribution in [0.1, 0.15) is 54.2 Å². The Morgan fingerprint density at radius 2 is 1.97 bits per heavy atom. The van der Waals surface area contributed by atoms with Crippen LogP contribution in [0.2, 0.25) is 0 Å². The molecule has 0 amide bonds. The highest BCUT2D eigenvalue weighted by Crippen LogP contribution is 2.44. The van der Waals surface area contributed by atoms with E-state index in [0.717, 1.165) is 0 Å². The van der Waals surface area contributed by atoms with Crippen molar-refractivity contribution in [2.24, 2.45) is 5.92 Å². The molecule has 188 valence electrons. The van der Waals surface area contributed by atoms with Gasteiger partial charge >= 0.3 is 5.97 Å². The molecule has 2 aliphatic rings. The molecule has 4 rings (SSSR count). The molecule has 2 aromatic heterocycles. The highest BCUT2D eigenvalue weighted by molar-refractivity contribution is 5.81. The minimum absolute atomic E-state index is 0.180. The van der Waals surface area contributed by atoms with Crippen LogP contribution in [-0.2, 0) is 23.7 Å². The van der Waals surface area contributed by atoms with Crippen molar-refractivity contribution in [2.75, 3.05) is 25.9 Å². The number of fused-ring (bicyclic) bond motifs is 2. The first-order valence-electron chi connectivity index (χ1n) is 11.7. The normalized spacial score (nSPS) is 27.3. The zero-order chi connectivity index (χ0) is 24.8. The first-order valence-corrected chi connectivity index (χ1v) is 11.7. The summed E-state index contributed by atoms with van der Waals surface area (Å²) < 4.78 is 26.2. The topological polar surface area (TPSA) is 127 Å². The van der Waals surface area contributed by atoms with Crippen molar-refractivity contribution in [3.8, 4) is 0 Å². The number of esters is 1. The van der Waals surface area contributed by atoms with E-state index < -0.39 is 17.6 Å². The second-order valence-electron chi connectivity index (χ2n) is 10.7. The lowest BCUT2D eigenvalue weighted by molar-refractivity contribution is -0.197. The maximum atomic E-state index is 12.3. The Morgan fingerprint density at radius 3 is 2.68 bits per heavy atom. The Labute approximate surface area is 199 Å². The number of imidazole rings is 1. The molecular weight excluding hydrogens is 440 g/mol. The fraction of sp³-hybridized carbons (Fsp3) is 0.739. The molecule has 2 N–H and O–H groups in total.